The van der Waals surface area contributed by atoms with Gasteiger partial charge in [-0.15, -0.1) is 0 Å². The van der Waals surface area contributed by atoms with E-state index < -0.39 is 0 Å². The van der Waals surface area contributed by atoms with E-state index in [4.69, 9.17) is 9.26 Å². The Balaban J connectivity index is 1.31. The largest absolute Gasteiger partial charge is 0.380 e. The van der Waals surface area contributed by atoms with Crippen molar-refractivity contribution >= 4 is 23.0 Å². The SMILES string of the molecule is Cc1ccc(Nc2cc(F)cc(N3CCCOCC3)c2)cc1-c1cc(C(=O)NCc2cccnc2)on1. The second kappa shape index (κ2) is 11.2. The minimum atomic E-state index is -0.360. The summed E-state index contributed by atoms with van der Waals surface area (Å²) in [4.78, 5) is 18.7. The van der Waals surface area contributed by atoms with Gasteiger partial charge in [-0.1, -0.05) is 17.3 Å². The van der Waals surface area contributed by atoms with Gasteiger partial charge in [-0.05, 0) is 60.9 Å². The predicted molar refractivity (Wildman–Crippen MR) is 139 cm³/mol. The van der Waals surface area contributed by atoms with Crippen LogP contribution in [0.2, 0.25) is 0 Å². The quantitative estimate of drug-likeness (QED) is 0.365. The minimum Gasteiger partial charge on any atom is -0.380 e. The van der Waals surface area contributed by atoms with Gasteiger partial charge in [0.2, 0.25) is 5.76 Å². The predicted octanol–water partition coefficient (Wildman–Crippen LogP) is 5.08. The Morgan fingerprint density at radius 3 is 2.86 bits per heavy atom. The lowest BCUT2D eigenvalue weighted by atomic mass is 10.0. The summed E-state index contributed by atoms with van der Waals surface area (Å²) in [6, 6.07) is 16.0. The molecule has 2 N–H and O–H groups in total. The third-order valence-corrected chi connectivity index (χ3v) is 6.18. The zero-order chi connectivity index (χ0) is 25.6. The summed E-state index contributed by atoms with van der Waals surface area (Å²) in [5.41, 5.74) is 5.42. The maximum absolute atomic E-state index is 14.5. The van der Waals surface area contributed by atoms with Gasteiger partial charge in [0.05, 0.1) is 6.61 Å². The van der Waals surface area contributed by atoms with Crippen LogP contribution in [0, 0.1) is 12.7 Å². The smallest absolute Gasteiger partial charge is 0.290 e. The summed E-state index contributed by atoms with van der Waals surface area (Å²) in [6.07, 6.45) is 4.28. The molecule has 2 aromatic heterocycles. The van der Waals surface area contributed by atoms with Crippen molar-refractivity contribution < 1.29 is 18.4 Å². The van der Waals surface area contributed by atoms with Crippen molar-refractivity contribution in [3.8, 4) is 11.3 Å². The Labute approximate surface area is 214 Å². The topological polar surface area (TPSA) is 92.5 Å². The number of aryl methyl sites for hydroxylation is 1. The second-order valence-corrected chi connectivity index (χ2v) is 8.93. The zero-order valence-corrected chi connectivity index (χ0v) is 20.5. The maximum Gasteiger partial charge on any atom is 0.290 e. The van der Waals surface area contributed by atoms with Gasteiger partial charge in [-0.2, -0.15) is 0 Å². The molecule has 0 bridgehead atoms. The molecule has 0 saturated carbocycles. The fourth-order valence-electron chi connectivity index (χ4n) is 4.26. The molecule has 5 rings (SSSR count). The van der Waals surface area contributed by atoms with Crippen LogP contribution < -0.4 is 15.5 Å². The number of pyridine rings is 1. The standard InChI is InChI=1S/C28H28FN5O3/c1-19-5-6-22(32-23-12-21(29)13-24(14-23)34-8-3-10-36-11-9-34)15-25(19)26-16-27(37-33-26)28(35)31-18-20-4-2-7-30-17-20/h2,4-7,12-17,32H,3,8-11,18H2,1H3,(H,31,35). The van der Waals surface area contributed by atoms with E-state index in [1.54, 1.807) is 24.5 Å². The van der Waals surface area contributed by atoms with Crippen LogP contribution in [0.25, 0.3) is 11.3 Å². The molecule has 0 unspecified atom stereocenters. The number of benzene rings is 2. The van der Waals surface area contributed by atoms with Gasteiger partial charge in [0.1, 0.15) is 11.5 Å². The number of nitrogens with zero attached hydrogens (tertiary/aromatic N) is 3. The minimum absolute atomic E-state index is 0.118. The molecule has 37 heavy (non-hydrogen) atoms. The maximum atomic E-state index is 14.5. The van der Waals surface area contributed by atoms with E-state index in [1.807, 2.05) is 43.3 Å². The van der Waals surface area contributed by atoms with Crippen LogP contribution in [-0.4, -0.2) is 42.4 Å². The van der Waals surface area contributed by atoms with Crippen molar-refractivity contribution in [3.05, 3.63) is 89.7 Å². The molecule has 1 aliphatic heterocycles. The Hall–Kier alpha value is -4.24. The van der Waals surface area contributed by atoms with Crippen LogP contribution in [0.3, 0.4) is 0 Å². The number of carbonyl (C=O) groups is 1. The van der Waals surface area contributed by atoms with E-state index in [-0.39, 0.29) is 17.5 Å². The van der Waals surface area contributed by atoms with Crippen LogP contribution in [-0.2, 0) is 11.3 Å². The van der Waals surface area contributed by atoms with E-state index in [0.717, 1.165) is 54.2 Å². The number of nitrogens with one attached hydrogen (secondary N) is 2. The van der Waals surface area contributed by atoms with Gasteiger partial charge in [0.15, 0.2) is 0 Å². The Kier molecular flexibility index (Phi) is 7.41. The molecule has 2 aromatic carbocycles. The molecule has 190 valence electrons. The van der Waals surface area contributed by atoms with Crippen LogP contribution in [0.5, 0.6) is 0 Å². The van der Waals surface area contributed by atoms with Gasteiger partial charge in [0, 0.05) is 67.3 Å². The van der Waals surface area contributed by atoms with E-state index in [0.29, 0.717) is 24.5 Å². The highest BCUT2D eigenvalue weighted by Crippen LogP contribution is 2.30. The lowest BCUT2D eigenvalue weighted by Crippen LogP contribution is -2.25. The van der Waals surface area contributed by atoms with Gasteiger partial charge in [-0.3, -0.25) is 9.78 Å². The molecule has 3 heterocycles. The molecule has 1 amide bonds. The average molecular weight is 502 g/mol. The number of rotatable bonds is 7. The Morgan fingerprint density at radius 2 is 2.00 bits per heavy atom. The van der Waals surface area contributed by atoms with E-state index in [1.165, 1.54) is 6.07 Å². The van der Waals surface area contributed by atoms with Crippen molar-refractivity contribution in [2.24, 2.45) is 0 Å². The number of ether oxygens (including phenoxy) is 1. The zero-order valence-electron chi connectivity index (χ0n) is 20.5. The summed E-state index contributed by atoms with van der Waals surface area (Å²) < 4.78 is 25.3. The molecule has 1 saturated heterocycles. The molecular weight excluding hydrogens is 473 g/mol. The van der Waals surface area contributed by atoms with E-state index >= 15 is 0 Å². The summed E-state index contributed by atoms with van der Waals surface area (Å²) >= 11 is 0. The highest BCUT2D eigenvalue weighted by atomic mass is 19.1. The van der Waals surface area contributed by atoms with Crippen molar-refractivity contribution in [3.63, 3.8) is 0 Å². The molecule has 8 nitrogen and oxygen atoms in total. The number of carbonyl (C=O) groups excluding carboxylic acids is 1. The highest BCUT2D eigenvalue weighted by Gasteiger charge is 2.16. The molecule has 0 aliphatic carbocycles. The fourth-order valence-corrected chi connectivity index (χ4v) is 4.26. The molecule has 9 heteroatoms. The monoisotopic (exact) mass is 501 g/mol. The van der Waals surface area contributed by atoms with E-state index in [9.17, 15) is 9.18 Å². The summed E-state index contributed by atoms with van der Waals surface area (Å²) in [6.45, 7) is 5.18. The molecule has 0 spiro atoms. The van der Waals surface area contributed by atoms with Gasteiger partial charge in [-0.25, -0.2) is 4.39 Å². The number of hydrogen-bond acceptors (Lipinski definition) is 7. The molecule has 1 aliphatic rings. The molecule has 4 aromatic rings. The fraction of sp³-hybridized carbons (Fsp3) is 0.250. The Morgan fingerprint density at radius 1 is 1.08 bits per heavy atom. The summed E-state index contributed by atoms with van der Waals surface area (Å²) in [5, 5.41) is 10.2. The third-order valence-electron chi connectivity index (χ3n) is 6.18. The number of aromatic nitrogens is 2. The van der Waals surface area contributed by atoms with Crippen molar-refractivity contribution in [1.82, 2.24) is 15.5 Å². The molecule has 1 fully saturated rings. The first-order valence-electron chi connectivity index (χ1n) is 12.2. The van der Waals surface area contributed by atoms with Gasteiger partial charge < -0.3 is 24.8 Å². The summed E-state index contributed by atoms with van der Waals surface area (Å²) in [5.74, 6) is -0.551. The average Bonchev–Trinajstić information content (AvgIpc) is 3.23. The molecule has 0 radical (unpaired) electrons. The van der Waals surface area contributed by atoms with Crippen molar-refractivity contribution in [2.45, 2.75) is 19.9 Å². The third kappa shape index (κ3) is 6.13. The number of hydrogen-bond donors (Lipinski definition) is 2. The van der Waals surface area contributed by atoms with Crippen LogP contribution in [0.1, 0.15) is 28.1 Å². The lowest BCUT2D eigenvalue weighted by molar-refractivity contribution is 0.0914. The van der Waals surface area contributed by atoms with Crippen LogP contribution in [0.15, 0.2) is 71.5 Å². The van der Waals surface area contributed by atoms with Crippen molar-refractivity contribution in [2.75, 3.05) is 36.5 Å². The number of amides is 1. The lowest BCUT2D eigenvalue weighted by Gasteiger charge is -2.23. The number of anilines is 3. The van der Waals surface area contributed by atoms with E-state index in [2.05, 4.69) is 25.7 Å². The Bertz CT molecular complexity index is 1370. The number of halogens is 1. The molecular formula is C28H28FN5O3. The first kappa shape index (κ1) is 24.5. The second-order valence-electron chi connectivity index (χ2n) is 8.93. The first-order chi connectivity index (χ1) is 18.0. The first-order valence-corrected chi connectivity index (χ1v) is 12.2. The highest BCUT2D eigenvalue weighted by molar-refractivity contribution is 5.92. The van der Waals surface area contributed by atoms with Crippen molar-refractivity contribution in [1.29, 1.82) is 0 Å². The van der Waals surface area contributed by atoms with Crippen LogP contribution in [0.4, 0.5) is 21.5 Å². The van der Waals surface area contributed by atoms with Gasteiger partial charge in [0.25, 0.3) is 5.91 Å². The van der Waals surface area contributed by atoms with Gasteiger partial charge >= 0.3 is 0 Å². The summed E-state index contributed by atoms with van der Waals surface area (Å²) in [7, 11) is 0. The molecule has 0 atom stereocenters. The normalized spacial score (nSPS) is 13.7. The van der Waals surface area contributed by atoms with Crippen LogP contribution >= 0.6 is 0 Å².